The number of nitrogens with zero attached hydrogens (tertiary/aromatic N) is 1. The predicted molar refractivity (Wildman–Crippen MR) is 162 cm³/mol. The third-order valence-electron chi connectivity index (χ3n) is 6.15. The molecule has 0 bridgehead atoms. The second-order valence-corrected chi connectivity index (χ2v) is 12.3. The molecule has 3 heteroatoms. The van der Waals surface area contributed by atoms with Crippen LogP contribution >= 0.6 is 7.05 Å². The Labute approximate surface area is 240 Å². The van der Waals surface area contributed by atoms with Crippen LogP contribution in [0.5, 0.6) is 0 Å². The smallest absolute Gasteiger partial charge is 0.0608 e. The van der Waals surface area contributed by atoms with Gasteiger partial charge in [0.2, 0.25) is 0 Å². The van der Waals surface area contributed by atoms with Crippen LogP contribution in [0.3, 0.4) is 0 Å². The first-order chi connectivity index (χ1) is 17.5. The SMILES string of the molecule is CC=CC=CCCC.Cc1ccc(P(=NC2=CC=CC2)(c2ccc(C)cc2)c2ccc(C)cc2)cc1.[Ti]. The van der Waals surface area contributed by atoms with Gasteiger partial charge in [-0.05, 0) is 40.2 Å². The Balaban J connectivity index is 0.000000467. The molecule has 0 fully saturated rings. The zero-order chi connectivity index (χ0) is 25.8. The zero-order valence-electron chi connectivity index (χ0n) is 23.0. The van der Waals surface area contributed by atoms with Crippen molar-refractivity contribution in [2.75, 3.05) is 0 Å². The molecule has 1 nitrogen and oxygen atoms in total. The van der Waals surface area contributed by atoms with Crippen LogP contribution in [0.25, 0.3) is 0 Å². The van der Waals surface area contributed by atoms with Crippen LogP contribution in [0.4, 0.5) is 0 Å². The molecule has 0 aliphatic heterocycles. The van der Waals surface area contributed by atoms with E-state index < -0.39 is 7.05 Å². The summed E-state index contributed by atoms with van der Waals surface area (Å²) in [6, 6.07) is 26.9. The van der Waals surface area contributed by atoms with Crippen molar-refractivity contribution in [1.29, 1.82) is 0 Å². The number of hydrogen-bond donors (Lipinski definition) is 0. The molecule has 0 spiro atoms. The Bertz CT molecular complexity index is 1160. The molecular weight excluding hydrogens is 501 g/mol. The summed E-state index contributed by atoms with van der Waals surface area (Å²) in [6.45, 7) is 10.6. The van der Waals surface area contributed by atoms with E-state index in [1.807, 2.05) is 13.0 Å². The van der Waals surface area contributed by atoms with Gasteiger partial charge in [0.15, 0.2) is 0 Å². The summed E-state index contributed by atoms with van der Waals surface area (Å²) < 4.78 is 5.52. The average molecular weight is 542 g/mol. The first-order valence-corrected chi connectivity index (χ1v) is 14.7. The minimum atomic E-state index is -2.15. The van der Waals surface area contributed by atoms with Crippen LogP contribution in [0, 0.1) is 20.8 Å². The van der Waals surface area contributed by atoms with Gasteiger partial charge in [-0.1, -0.05) is 139 Å². The van der Waals surface area contributed by atoms with Crippen molar-refractivity contribution in [1.82, 2.24) is 0 Å². The predicted octanol–water partition coefficient (Wildman–Crippen LogP) is 8.85. The topological polar surface area (TPSA) is 12.4 Å². The molecule has 0 radical (unpaired) electrons. The van der Waals surface area contributed by atoms with Crippen molar-refractivity contribution in [3.8, 4) is 0 Å². The molecule has 0 aromatic heterocycles. The summed E-state index contributed by atoms with van der Waals surface area (Å²) in [5, 5.41) is 3.91. The van der Waals surface area contributed by atoms with Crippen molar-refractivity contribution < 1.29 is 21.7 Å². The van der Waals surface area contributed by atoms with Crippen LogP contribution in [-0.4, -0.2) is 0 Å². The van der Waals surface area contributed by atoms with E-state index in [4.69, 9.17) is 4.74 Å². The molecule has 0 heterocycles. The third-order valence-corrected chi connectivity index (χ3v) is 9.84. The molecule has 0 saturated heterocycles. The van der Waals surface area contributed by atoms with Crippen molar-refractivity contribution in [3.63, 3.8) is 0 Å². The molecule has 37 heavy (non-hydrogen) atoms. The minimum absolute atomic E-state index is 0. The number of benzene rings is 3. The van der Waals surface area contributed by atoms with Gasteiger partial charge in [-0.2, -0.15) is 0 Å². The number of hydrogen-bond acceptors (Lipinski definition) is 1. The van der Waals surface area contributed by atoms with Crippen LogP contribution in [-0.2, 0) is 21.7 Å². The summed E-state index contributed by atoms with van der Waals surface area (Å²) in [6.07, 6.45) is 18.2. The summed E-state index contributed by atoms with van der Waals surface area (Å²) in [4.78, 5) is 0. The zero-order valence-corrected chi connectivity index (χ0v) is 25.4. The molecule has 0 saturated carbocycles. The molecule has 0 N–H and O–H groups in total. The molecule has 1 aliphatic carbocycles. The van der Waals surface area contributed by atoms with Crippen LogP contribution < -0.4 is 15.9 Å². The van der Waals surface area contributed by atoms with Gasteiger partial charge >= 0.3 is 0 Å². The number of aryl methyl sites for hydroxylation is 3. The van der Waals surface area contributed by atoms with Gasteiger partial charge in [0.05, 0.1) is 7.05 Å². The molecule has 190 valence electrons. The second kappa shape index (κ2) is 15.7. The Morgan fingerprint density at radius 3 is 1.54 bits per heavy atom. The van der Waals surface area contributed by atoms with Crippen molar-refractivity contribution >= 4 is 23.0 Å². The summed E-state index contributed by atoms with van der Waals surface area (Å²) in [7, 11) is -2.15. The summed E-state index contributed by atoms with van der Waals surface area (Å²) >= 11 is 0. The quantitative estimate of drug-likeness (QED) is 0.161. The van der Waals surface area contributed by atoms with Gasteiger partial charge in [0.1, 0.15) is 0 Å². The van der Waals surface area contributed by atoms with E-state index in [-0.39, 0.29) is 21.7 Å². The fourth-order valence-electron chi connectivity index (χ4n) is 4.06. The van der Waals surface area contributed by atoms with E-state index in [9.17, 15) is 0 Å². The molecule has 3 aromatic carbocycles. The maximum atomic E-state index is 5.52. The van der Waals surface area contributed by atoms with Gasteiger partial charge in [-0.15, -0.1) is 0 Å². The Morgan fingerprint density at radius 2 is 1.19 bits per heavy atom. The molecule has 0 atom stereocenters. The van der Waals surface area contributed by atoms with E-state index in [0.29, 0.717) is 0 Å². The fraction of sp³-hybridized carbons (Fsp3) is 0.235. The number of unbranched alkanes of at least 4 members (excludes halogenated alkanes) is 1. The normalized spacial score (nSPS) is 12.7. The maximum absolute atomic E-state index is 5.52. The minimum Gasteiger partial charge on any atom is -0.258 e. The Kier molecular flexibility index (Phi) is 13.1. The van der Waals surface area contributed by atoms with E-state index in [0.717, 1.165) is 12.1 Å². The first kappa shape index (κ1) is 30.8. The molecule has 3 aromatic rings. The second-order valence-electron chi connectivity index (χ2n) is 9.27. The third kappa shape index (κ3) is 8.54. The Hall–Kier alpha value is -2.44. The van der Waals surface area contributed by atoms with Gasteiger partial charge in [0, 0.05) is 49.7 Å². The van der Waals surface area contributed by atoms with Gasteiger partial charge in [-0.25, -0.2) is 0 Å². The van der Waals surface area contributed by atoms with Crippen molar-refractivity contribution in [2.24, 2.45) is 4.74 Å². The van der Waals surface area contributed by atoms with E-state index in [2.05, 4.69) is 137 Å². The number of allylic oxidation sites excluding steroid dienone is 7. The first-order valence-electron chi connectivity index (χ1n) is 13.0. The van der Waals surface area contributed by atoms with Crippen molar-refractivity contribution in [3.05, 3.63) is 138 Å². The van der Waals surface area contributed by atoms with Crippen LogP contribution in [0.2, 0.25) is 0 Å². The summed E-state index contributed by atoms with van der Waals surface area (Å²) in [5.74, 6) is 0. The van der Waals surface area contributed by atoms with Crippen molar-refractivity contribution in [2.45, 2.75) is 53.9 Å². The monoisotopic (exact) mass is 541 g/mol. The largest absolute Gasteiger partial charge is 0.258 e. The Morgan fingerprint density at radius 1 is 0.730 bits per heavy atom. The van der Waals surface area contributed by atoms with E-state index >= 15 is 0 Å². The van der Waals surface area contributed by atoms with Gasteiger partial charge in [0.25, 0.3) is 0 Å². The molecule has 4 rings (SSSR count). The standard InChI is InChI=1S/C26H26NP.C8H14.Ti/c1-20-8-14-24(15-9-20)28(27-23-6-4-5-7-23,25-16-10-21(2)11-17-25)26-18-12-22(3)13-19-26;1-3-5-7-8-6-4-2;/h4-6,8-19H,7H2,1-3H3;3,5,7-8H,4,6H2,1-2H3;. The van der Waals surface area contributed by atoms with Gasteiger partial charge in [-0.3, -0.25) is 4.74 Å². The fourth-order valence-corrected chi connectivity index (χ4v) is 7.57. The molecular formula is C34H40NPTi. The van der Waals surface area contributed by atoms with Crippen LogP contribution in [0.1, 0.15) is 49.8 Å². The van der Waals surface area contributed by atoms with Gasteiger partial charge < -0.3 is 0 Å². The van der Waals surface area contributed by atoms with E-state index in [1.165, 1.54) is 45.4 Å². The number of rotatable bonds is 7. The molecule has 0 unspecified atom stereocenters. The molecule has 1 aliphatic rings. The summed E-state index contributed by atoms with van der Waals surface area (Å²) in [5.41, 5.74) is 4.99. The van der Waals surface area contributed by atoms with E-state index in [1.54, 1.807) is 0 Å². The maximum Gasteiger partial charge on any atom is 0.0608 e. The average Bonchev–Trinajstić information content (AvgIpc) is 3.40. The molecule has 0 amide bonds. The van der Waals surface area contributed by atoms with Crippen LogP contribution in [0.15, 0.2) is 126 Å².